The van der Waals surface area contributed by atoms with Gasteiger partial charge in [0, 0.05) is 13.1 Å². The van der Waals surface area contributed by atoms with Gasteiger partial charge in [0.25, 0.3) is 0 Å². The molecule has 0 unspecified atom stereocenters. The van der Waals surface area contributed by atoms with Gasteiger partial charge in [0.2, 0.25) is 5.91 Å². The quantitative estimate of drug-likeness (QED) is 0.700. The minimum absolute atomic E-state index is 0.111. The van der Waals surface area contributed by atoms with Crippen molar-refractivity contribution < 1.29 is 4.79 Å². The minimum Gasteiger partial charge on any atom is -0.341 e. The Bertz CT molecular complexity index is 318. The van der Waals surface area contributed by atoms with Crippen LogP contribution in [0.25, 0.3) is 0 Å². The van der Waals surface area contributed by atoms with E-state index < -0.39 is 5.41 Å². The summed E-state index contributed by atoms with van der Waals surface area (Å²) in [6.45, 7) is 3.84. The van der Waals surface area contributed by atoms with Gasteiger partial charge in [0.1, 0.15) is 5.41 Å². The molecule has 2 fully saturated rings. The highest BCUT2D eigenvalue weighted by molar-refractivity contribution is 5.86. The van der Waals surface area contributed by atoms with Crippen LogP contribution in [0.5, 0.6) is 0 Å². The Kier molecular flexibility index (Phi) is 3.71. The first-order chi connectivity index (χ1) is 8.18. The number of nitrogens with zero attached hydrogens (tertiary/aromatic N) is 2. The Morgan fingerprint density at radius 2 is 1.71 bits per heavy atom. The topological polar surface area (TPSA) is 44.1 Å². The molecule has 1 aliphatic carbocycles. The molecular weight excluding hydrogens is 212 g/mol. The highest BCUT2D eigenvalue weighted by Crippen LogP contribution is 2.46. The third kappa shape index (κ3) is 2.46. The van der Waals surface area contributed by atoms with Gasteiger partial charge in [-0.2, -0.15) is 5.26 Å². The molecule has 1 saturated carbocycles. The fraction of sp³-hybridized carbons (Fsp3) is 0.857. The maximum atomic E-state index is 12.4. The maximum absolute atomic E-state index is 12.4. The summed E-state index contributed by atoms with van der Waals surface area (Å²) in [6.07, 6.45) is 7.46. The molecule has 94 valence electrons. The first kappa shape index (κ1) is 12.4. The Balaban J connectivity index is 2.00. The molecule has 0 radical (unpaired) electrons. The molecule has 1 heterocycles. The largest absolute Gasteiger partial charge is 0.341 e. The van der Waals surface area contributed by atoms with Gasteiger partial charge in [-0.15, -0.1) is 0 Å². The van der Waals surface area contributed by atoms with Crippen LogP contribution in [0.15, 0.2) is 0 Å². The number of nitriles is 1. The molecule has 2 rings (SSSR count). The van der Waals surface area contributed by atoms with Gasteiger partial charge < -0.3 is 4.90 Å². The van der Waals surface area contributed by atoms with Crippen LogP contribution in [-0.2, 0) is 4.79 Å². The molecule has 0 bridgehead atoms. The molecule has 3 heteroatoms. The van der Waals surface area contributed by atoms with Crippen LogP contribution >= 0.6 is 0 Å². The predicted molar refractivity (Wildman–Crippen MR) is 66.1 cm³/mol. The van der Waals surface area contributed by atoms with Crippen LogP contribution < -0.4 is 0 Å². The molecule has 1 saturated heterocycles. The lowest BCUT2D eigenvalue weighted by atomic mass is 9.62. The molecule has 1 aliphatic heterocycles. The van der Waals surface area contributed by atoms with Gasteiger partial charge in [0.05, 0.1) is 6.07 Å². The van der Waals surface area contributed by atoms with E-state index in [0.717, 1.165) is 38.8 Å². The van der Waals surface area contributed by atoms with Crippen molar-refractivity contribution in [3.63, 3.8) is 0 Å². The smallest absolute Gasteiger partial charge is 0.243 e. The highest BCUT2D eigenvalue weighted by atomic mass is 16.2. The molecule has 1 amide bonds. The Hall–Kier alpha value is -1.04. The van der Waals surface area contributed by atoms with Gasteiger partial charge >= 0.3 is 0 Å². The van der Waals surface area contributed by atoms with E-state index in [0.29, 0.717) is 5.92 Å². The van der Waals surface area contributed by atoms with Crippen molar-refractivity contribution in [2.75, 3.05) is 13.1 Å². The molecule has 3 nitrogen and oxygen atoms in total. The minimum atomic E-state index is -0.668. The van der Waals surface area contributed by atoms with Crippen LogP contribution in [0.2, 0.25) is 0 Å². The summed E-state index contributed by atoms with van der Waals surface area (Å²) in [7, 11) is 0. The van der Waals surface area contributed by atoms with Crippen molar-refractivity contribution >= 4 is 5.91 Å². The third-order valence-electron chi connectivity index (χ3n) is 4.16. The highest BCUT2D eigenvalue weighted by Gasteiger charge is 2.50. The van der Waals surface area contributed by atoms with Crippen molar-refractivity contribution in [2.24, 2.45) is 11.3 Å². The van der Waals surface area contributed by atoms with Crippen molar-refractivity contribution in [1.29, 1.82) is 5.26 Å². The zero-order chi connectivity index (χ0) is 12.3. The van der Waals surface area contributed by atoms with Crippen molar-refractivity contribution in [3.05, 3.63) is 0 Å². The van der Waals surface area contributed by atoms with E-state index in [4.69, 9.17) is 0 Å². The Morgan fingerprint density at radius 3 is 2.18 bits per heavy atom. The molecule has 0 spiro atoms. The number of amides is 1. The number of carbonyl (C=O) groups excluding carboxylic acids is 1. The lowest BCUT2D eigenvalue weighted by Gasteiger charge is -2.42. The summed E-state index contributed by atoms with van der Waals surface area (Å²) in [5, 5.41) is 9.28. The van der Waals surface area contributed by atoms with Gasteiger partial charge in [-0.1, -0.05) is 26.2 Å². The van der Waals surface area contributed by atoms with Gasteiger partial charge in [0.15, 0.2) is 0 Å². The molecule has 17 heavy (non-hydrogen) atoms. The van der Waals surface area contributed by atoms with Crippen LogP contribution in [0.4, 0.5) is 0 Å². The van der Waals surface area contributed by atoms with E-state index in [1.165, 1.54) is 19.3 Å². The number of likely N-dealkylation sites (tertiary alicyclic amines) is 1. The van der Waals surface area contributed by atoms with E-state index in [1.54, 1.807) is 0 Å². The SMILES string of the molecule is CC1CC(C#N)(C(=O)N2CCCCCCC2)C1. The second-order valence-electron chi connectivity index (χ2n) is 5.77. The average Bonchev–Trinajstić information content (AvgIpc) is 2.23. The Morgan fingerprint density at radius 1 is 1.18 bits per heavy atom. The summed E-state index contributed by atoms with van der Waals surface area (Å²) in [5.41, 5.74) is -0.668. The number of carbonyl (C=O) groups is 1. The van der Waals surface area contributed by atoms with E-state index >= 15 is 0 Å². The van der Waals surface area contributed by atoms with Crippen LogP contribution in [0, 0.1) is 22.7 Å². The van der Waals surface area contributed by atoms with Gasteiger partial charge in [-0.3, -0.25) is 4.79 Å². The summed E-state index contributed by atoms with van der Waals surface area (Å²) in [6, 6.07) is 2.29. The number of hydrogen-bond acceptors (Lipinski definition) is 2. The second kappa shape index (κ2) is 5.08. The van der Waals surface area contributed by atoms with Crippen LogP contribution in [-0.4, -0.2) is 23.9 Å². The molecule has 2 aliphatic rings. The van der Waals surface area contributed by atoms with Crippen LogP contribution in [0.1, 0.15) is 51.9 Å². The third-order valence-corrected chi connectivity index (χ3v) is 4.16. The fourth-order valence-electron chi connectivity index (χ4n) is 3.20. The molecule has 0 atom stereocenters. The van der Waals surface area contributed by atoms with Crippen molar-refractivity contribution in [1.82, 2.24) is 4.90 Å². The van der Waals surface area contributed by atoms with Gasteiger partial charge in [-0.25, -0.2) is 0 Å². The first-order valence-electron chi connectivity index (χ1n) is 6.88. The zero-order valence-electron chi connectivity index (χ0n) is 10.7. The molecule has 0 aromatic heterocycles. The number of rotatable bonds is 1. The zero-order valence-corrected chi connectivity index (χ0v) is 10.7. The molecule has 0 aromatic carbocycles. The van der Waals surface area contributed by atoms with Gasteiger partial charge in [-0.05, 0) is 31.6 Å². The van der Waals surface area contributed by atoms with Crippen molar-refractivity contribution in [3.8, 4) is 6.07 Å². The van der Waals surface area contributed by atoms with E-state index in [-0.39, 0.29) is 5.91 Å². The average molecular weight is 234 g/mol. The van der Waals surface area contributed by atoms with Crippen LogP contribution in [0.3, 0.4) is 0 Å². The predicted octanol–water partition coefficient (Wildman–Crippen LogP) is 2.72. The molecule has 0 N–H and O–H groups in total. The number of hydrogen-bond donors (Lipinski definition) is 0. The summed E-state index contributed by atoms with van der Waals surface area (Å²) < 4.78 is 0. The standard InChI is InChI=1S/C14H22N2O/c1-12-9-14(10-12,11-15)13(17)16-7-5-3-2-4-6-8-16/h12H,2-10H2,1H3. The maximum Gasteiger partial charge on any atom is 0.243 e. The first-order valence-corrected chi connectivity index (χ1v) is 6.88. The monoisotopic (exact) mass is 234 g/mol. The molecular formula is C14H22N2O. The molecule has 0 aromatic rings. The van der Waals surface area contributed by atoms with E-state index in [2.05, 4.69) is 13.0 Å². The lowest BCUT2D eigenvalue weighted by molar-refractivity contribution is -0.145. The summed E-state index contributed by atoms with van der Waals surface area (Å²) in [5.74, 6) is 0.647. The normalized spacial score (nSPS) is 34.1. The fourth-order valence-corrected chi connectivity index (χ4v) is 3.20. The van der Waals surface area contributed by atoms with Crippen molar-refractivity contribution in [2.45, 2.75) is 51.9 Å². The lowest BCUT2D eigenvalue weighted by Crippen LogP contribution is -2.50. The second-order valence-corrected chi connectivity index (χ2v) is 5.77. The Labute approximate surface area is 104 Å². The van der Waals surface area contributed by atoms with E-state index in [9.17, 15) is 10.1 Å². The summed E-state index contributed by atoms with van der Waals surface area (Å²) >= 11 is 0. The van der Waals surface area contributed by atoms with E-state index in [1.807, 2.05) is 4.90 Å². The summed E-state index contributed by atoms with van der Waals surface area (Å²) in [4.78, 5) is 14.4.